The molecule has 1 aromatic carbocycles. The average Bonchev–Trinajstić information content (AvgIpc) is 3.23. The lowest BCUT2D eigenvalue weighted by atomic mass is 9.92. The number of amides is 1. The van der Waals surface area contributed by atoms with Crippen molar-refractivity contribution in [1.82, 2.24) is 5.32 Å². The summed E-state index contributed by atoms with van der Waals surface area (Å²) < 4.78 is 23.3. The highest BCUT2D eigenvalue weighted by molar-refractivity contribution is 7.90. The number of sulfone groups is 1. The molecule has 1 N–H and O–H groups in total. The van der Waals surface area contributed by atoms with E-state index in [1.54, 1.807) is 0 Å². The number of rotatable bonds is 7. The van der Waals surface area contributed by atoms with Crippen LogP contribution >= 0.6 is 0 Å². The molecule has 2 rings (SSSR count). The quantitative estimate of drug-likeness (QED) is 0.838. The molecule has 0 aromatic heterocycles. The second-order valence-electron chi connectivity index (χ2n) is 6.79. The van der Waals surface area contributed by atoms with Crippen LogP contribution in [0.4, 0.5) is 0 Å². The standard InChI is InChI=1S/C17H25NO3S/c1-13(2)17(9-10-17)12-18-16(19)15(11-22(3,20)21)14-7-5-4-6-8-14/h4-8,13,15H,9-12H2,1-3H3,(H,18,19)/t15-/m0/s1. The van der Waals surface area contributed by atoms with Crippen molar-refractivity contribution in [2.24, 2.45) is 11.3 Å². The van der Waals surface area contributed by atoms with Crippen LogP contribution in [0.3, 0.4) is 0 Å². The molecule has 122 valence electrons. The van der Waals surface area contributed by atoms with Crippen LogP contribution in [-0.4, -0.2) is 32.9 Å². The van der Waals surface area contributed by atoms with E-state index in [1.807, 2.05) is 30.3 Å². The second kappa shape index (κ2) is 6.41. The Morgan fingerprint density at radius 2 is 1.82 bits per heavy atom. The number of carbonyl (C=O) groups excluding carboxylic acids is 1. The molecule has 0 aliphatic heterocycles. The van der Waals surface area contributed by atoms with Gasteiger partial charge in [0.1, 0.15) is 9.84 Å². The summed E-state index contributed by atoms with van der Waals surface area (Å²) in [7, 11) is -3.23. The summed E-state index contributed by atoms with van der Waals surface area (Å²) in [5.41, 5.74) is 0.960. The summed E-state index contributed by atoms with van der Waals surface area (Å²) >= 11 is 0. The first kappa shape index (κ1) is 17.0. The third-order valence-electron chi connectivity index (χ3n) is 4.72. The monoisotopic (exact) mass is 323 g/mol. The maximum Gasteiger partial charge on any atom is 0.228 e. The van der Waals surface area contributed by atoms with Gasteiger partial charge < -0.3 is 5.32 Å². The predicted octanol–water partition coefficient (Wildman–Crippen LogP) is 2.37. The minimum absolute atomic E-state index is 0.155. The predicted molar refractivity (Wildman–Crippen MR) is 88.4 cm³/mol. The number of benzene rings is 1. The highest BCUT2D eigenvalue weighted by atomic mass is 32.2. The van der Waals surface area contributed by atoms with Crippen molar-refractivity contribution >= 4 is 15.7 Å². The van der Waals surface area contributed by atoms with Gasteiger partial charge in [0.05, 0.1) is 11.7 Å². The summed E-state index contributed by atoms with van der Waals surface area (Å²) in [5.74, 6) is -0.460. The van der Waals surface area contributed by atoms with Crippen LogP contribution in [0.1, 0.15) is 38.2 Å². The maximum absolute atomic E-state index is 12.5. The van der Waals surface area contributed by atoms with Gasteiger partial charge >= 0.3 is 0 Å². The summed E-state index contributed by atoms with van der Waals surface area (Å²) in [4.78, 5) is 12.5. The Labute approximate surface area is 133 Å². The van der Waals surface area contributed by atoms with Crippen molar-refractivity contribution in [3.63, 3.8) is 0 Å². The summed E-state index contributed by atoms with van der Waals surface area (Å²) in [6.07, 6.45) is 3.44. The Morgan fingerprint density at radius 1 is 1.23 bits per heavy atom. The minimum Gasteiger partial charge on any atom is -0.355 e. The maximum atomic E-state index is 12.5. The lowest BCUT2D eigenvalue weighted by Gasteiger charge is -2.22. The molecule has 1 saturated carbocycles. The zero-order valence-corrected chi connectivity index (χ0v) is 14.3. The topological polar surface area (TPSA) is 63.2 Å². The molecule has 5 heteroatoms. The van der Waals surface area contributed by atoms with Gasteiger partial charge in [0, 0.05) is 12.8 Å². The second-order valence-corrected chi connectivity index (χ2v) is 8.98. The Bertz CT molecular complexity index is 619. The van der Waals surface area contributed by atoms with Crippen molar-refractivity contribution in [2.75, 3.05) is 18.6 Å². The van der Waals surface area contributed by atoms with Gasteiger partial charge in [0.15, 0.2) is 0 Å². The molecule has 1 aliphatic carbocycles. The van der Waals surface area contributed by atoms with Gasteiger partial charge in [-0.05, 0) is 29.7 Å². The van der Waals surface area contributed by atoms with E-state index in [2.05, 4.69) is 19.2 Å². The van der Waals surface area contributed by atoms with E-state index in [9.17, 15) is 13.2 Å². The summed E-state index contributed by atoms with van der Waals surface area (Å²) in [6.45, 7) is 4.98. The number of hydrogen-bond donors (Lipinski definition) is 1. The highest BCUT2D eigenvalue weighted by Gasteiger charge is 2.45. The lowest BCUT2D eigenvalue weighted by molar-refractivity contribution is -0.122. The average molecular weight is 323 g/mol. The van der Waals surface area contributed by atoms with Crippen LogP contribution in [-0.2, 0) is 14.6 Å². The first-order chi connectivity index (χ1) is 10.2. The van der Waals surface area contributed by atoms with Gasteiger partial charge in [-0.2, -0.15) is 0 Å². The number of nitrogens with one attached hydrogen (secondary N) is 1. The summed E-state index contributed by atoms with van der Waals surface area (Å²) in [5, 5.41) is 2.98. The van der Waals surface area contributed by atoms with Gasteiger partial charge in [-0.1, -0.05) is 44.2 Å². The molecule has 1 amide bonds. The van der Waals surface area contributed by atoms with E-state index in [4.69, 9.17) is 0 Å². The van der Waals surface area contributed by atoms with Gasteiger partial charge in [-0.3, -0.25) is 4.79 Å². The van der Waals surface area contributed by atoms with Crippen LogP contribution in [0, 0.1) is 11.3 Å². The molecular formula is C17H25NO3S. The molecule has 1 aromatic rings. The summed E-state index contributed by atoms with van der Waals surface area (Å²) in [6, 6.07) is 9.13. The Morgan fingerprint density at radius 3 is 2.27 bits per heavy atom. The first-order valence-corrected chi connectivity index (χ1v) is 9.80. The molecule has 0 unspecified atom stereocenters. The van der Waals surface area contributed by atoms with Gasteiger partial charge in [-0.15, -0.1) is 0 Å². The van der Waals surface area contributed by atoms with Gasteiger partial charge in [-0.25, -0.2) is 8.42 Å². The Balaban J connectivity index is 2.10. The van der Waals surface area contributed by atoms with Crippen molar-refractivity contribution in [2.45, 2.75) is 32.6 Å². The largest absolute Gasteiger partial charge is 0.355 e. The van der Waals surface area contributed by atoms with E-state index >= 15 is 0 Å². The fourth-order valence-electron chi connectivity index (χ4n) is 2.82. The van der Waals surface area contributed by atoms with E-state index in [1.165, 1.54) is 6.26 Å². The zero-order valence-electron chi connectivity index (χ0n) is 13.5. The number of carbonyl (C=O) groups is 1. The number of hydrogen-bond acceptors (Lipinski definition) is 3. The van der Waals surface area contributed by atoms with Crippen LogP contribution in [0.5, 0.6) is 0 Å². The van der Waals surface area contributed by atoms with E-state index < -0.39 is 15.8 Å². The lowest BCUT2D eigenvalue weighted by Crippen LogP contribution is -2.37. The zero-order chi connectivity index (χ0) is 16.4. The normalized spacial score (nSPS) is 18.0. The van der Waals surface area contributed by atoms with Crippen LogP contribution in [0.25, 0.3) is 0 Å². The van der Waals surface area contributed by atoms with Crippen LogP contribution < -0.4 is 5.32 Å². The minimum atomic E-state index is -3.23. The molecule has 0 spiro atoms. The third kappa shape index (κ3) is 4.32. The fourth-order valence-corrected chi connectivity index (χ4v) is 3.77. The molecule has 0 radical (unpaired) electrons. The van der Waals surface area contributed by atoms with Crippen molar-refractivity contribution in [3.8, 4) is 0 Å². The molecule has 22 heavy (non-hydrogen) atoms. The van der Waals surface area contributed by atoms with E-state index in [0.29, 0.717) is 12.5 Å². The van der Waals surface area contributed by atoms with Crippen molar-refractivity contribution in [1.29, 1.82) is 0 Å². The molecule has 0 saturated heterocycles. The van der Waals surface area contributed by atoms with Crippen LogP contribution in [0.2, 0.25) is 0 Å². The van der Waals surface area contributed by atoms with E-state index in [0.717, 1.165) is 18.4 Å². The Hall–Kier alpha value is -1.36. The molecule has 1 atom stereocenters. The molecule has 1 fully saturated rings. The molecule has 4 nitrogen and oxygen atoms in total. The van der Waals surface area contributed by atoms with Crippen molar-refractivity contribution in [3.05, 3.63) is 35.9 Å². The SMILES string of the molecule is CC(C)C1(CNC(=O)[C@@H](CS(C)(=O)=O)c2ccccc2)CC1. The molecule has 1 aliphatic rings. The van der Waals surface area contributed by atoms with Crippen molar-refractivity contribution < 1.29 is 13.2 Å². The van der Waals surface area contributed by atoms with Crippen LogP contribution in [0.15, 0.2) is 30.3 Å². The Kier molecular flexibility index (Phi) is 4.95. The smallest absolute Gasteiger partial charge is 0.228 e. The third-order valence-corrected chi connectivity index (χ3v) is 5.66. The molecular weight excluding hydrogens is 298 g/mol. The first-order valence-electron chi connectivity index (χ1n) is 7.74. The molecule has 0 heterocycles. The van der Waals surface area contributed by atoms with Gasteiger partial charge in [0.25, 0.3) is 0 Å². The van der Waals surface area contributed by atoms with Gasteiger partial charge in [0.2, 0.25) is 5.91 Å². The highest BCUT2D eigenvalue weighted by Crippen LogP contribution is 2.51. The fraction of sp³-hybridized carbons (Fsp3) is 0.588. The van der Waals surface area contributed by atoms with E-state index in [-0.39, 0.29) is 17.1 Å². The molecule has 0 bridgehead atoms.